The van der Waals surface area contributed by atoms with Crippen LogP contribution in [0.2, 0.25) is 0 Å². The second-order valence-corrected chi connectivity index (χ2v) is 8.44. The van der Waals surface area contributed by atoms with E-state index in [2.05, 4.69) is 6.92 Å². The molecule has 4 nitrogen and oxygen atoms in total. The minimum Gasteiger partial charge on any atom is -0.389 e. The zero-order chi connectivity index (χ0) is 16.0. The summed E-state index contributed by atoms with van der Waals surface area (Å²) in [6.45, 7) is 2.25. The van der Waals surface area contributed by atoms with E-state index in [4.69, 9.17) is 20.1 Å². The predicted molar refractivity (Wildman–Crippen MR) is 90.7 cm³/mol. The summed E-state index contributed by atoms with van der Waals surface area (Å²) < 4.78 is 0. The molecular formula is C16H37NO3Si. The third kappa shape index (κ3) is 14.7. The maximum atomic E-state index is 9.00. The Morgan fingerprint density at radius 1 is 0.667 bits per heavy atom. The van der Waals surface area contributed by atoms with Gasteiger partial charge in [0.25, 0.3) is 0 Å². The average Bonchev–Trinajstić information content (AvgIpc) is 2.42. The first-order valence-corrected chi connectivity index (χ1v) is 10.8. The van der Waals surface area contributed by atoms with Gasteiger partial charge in [-0.2, -0.15) is 0 Å². The molecule has 0 fully saturated rings. The number of hydrogen-bond donors (Lipinski definition) is 4. The molecule has 0 aromatic rings. The van der Waals surface area contributed by atoms with Crippen molar-refractivity contribution in [1.82, 2.24) is 0 Å². The van der Waals surface area contributed by atoms with Crippen molar-refractivity contribution in [3.63, 3.8) is 0 Å². The van der Waals surface area contributed by atoms with Gasteiger partial charge in [-0.1, -0.05) is 90.4 Å². The van der Waals surface area contributed by atoms with Gasteiger partial charge in [-0.25, -0.2) is 0 Å². The normalized spacial score (nSPS) is 13.6. The molecule has 0 aliphatic carbocycles. The molecule has 0 heterocycles. The summed E-state index contributed by atoms with van der Waals surface area (Å²) in [5.74, 6) is 0. The van der Waals surface area contributed by atoms with E-state index in [0.717, 1.165) is 12.8 Å². The topological polar surface area (TPSA) is 86.7 Å². The molecule has 0 radical (unpaired) electrons. The van der Waals surface area contributed by atoms with Crippen molar-refractivity contribution in [2.24, 2.45) is 5.73 Å². The van der Waals surface area contributed by atoms with Crippen molar-refractivity contribution in [1.29, 1.82) is 0 Å². The monoisotopic (exact) mass is 319 g/mol. The lowest BCUT2D eigenvalue weighted by atomic mass is 10.0. The van der Waals surface area contributed by atoms with Crippen LogP contribution in [-0.4, -0.2) is 28.9 Å². The first-order chi connectivity index (χ1) is 9.98. The molecule has 0 aliphatic rings. The maximum absolute atomic E-state index is 9.00. The van der Waals surface area contributed by atoms with Gasteiger partial charge in [-0.15, -0.1) is 0 Å². The molecular weight excluding hydrogens is 282 g/mol. The molecule has 1 unspecified atom stereocenters. The largest absolute Gasteiger partial charge is 0.510 e. The van der Waals surface area contributed by atoms with Crippen LogP contribution in [-0.2, 0) is 0 Å². The van der Waals surface area contributed by atoms with Crippen LogP contribution in [0.1, 0.15) is 96.8 Å². The molecule has 0 saturated carbocycles. The van der Waals surface area contributed by atoms with E-state index in [1.54, 1.807) is 0 Å². The van der Waals surface area contributed by atoms with E-state index in [-0.39, 0.29) is 0 Å². The van der Waals surface area contributed by atoms with Gasteiger partial charge in [0.05, 0.1) is 5.67 Å². The van der Waals surface area contributed by atoms with Crippen molar-refractivity contribution in [2.75, 3.05) is 0 Å². The molecule has 0 rings (SSSR count). The highest BCUT2D eigenvalue weighted by atomic mass is 28.4. The van der Waals surface area contributed by atoms with Gasteiger partial charge < -0.3 is 20.1 Å². The second kappa shape index (κ2) is 13.7. The van der Waals surface area contributed by atoms with Crippen molar-refractivity contribution in [2.45, 2.75) is 102 Å². The fourth-order valence-corrected chi connectivity index (χ4v) is 3.17. The summed E-state index contributed by atoms with van der Waals surface area (Å²) in [5, 5.41) is 0. The quantitative estimate of drug-likeness (QED) is 0.276. The Kier molecular flexibility index (Phi) is 13.7. The molecule has 0 bridgehead atoms. The summed E-state index contributed by atoms with van der Waals surface area (Å²) in [5.41, 5.74) is 4.67. The molecule has 0 aromatic heterocycles. The Balaban J connectivity index is 3.13. The van der Waals surface area contributed by atoms with Crippen LogP contribution in [0.5, 0.6) is 0 Å². The summed E-state index contributed by atoms with van der Waals surface area (Å²) in [4.78, 5) is 27.0. The van der Waals surface area contributed by atoms with Gasteiger partial charge in [-0.05, 0) is 6.42 Å². The van der Waals surface area contributed by atoms with Gasteiger partial charge >= 0.3 is 8.80 Å². The van der Waals surface area contributed by atoms with Crippen LogP contribution < -0.4 is 5.73 Å². The Morgan fingerprint density at radius 3 is 1.33 bits per heavy atom. The molecule has 21 heavy (non-hydrogen) atoms. The Morgan fingerprint density at radius 2 is 1.00 bits per heavy atom. The van der Waals surface area contributed by atoms with Crippen LogP contribution in [0.25, 0.3) is 0 Å². The maximum Gasteiger partial charge on any atom is 0.510 e. The molecule has 0 amide bonds. The second-order valence-electron chi connectivity index (χ2n) is 6.33. The highest BCUT2D eigenvalue weighted by Crippen LogP contribution is 2.13. The van der Waals surface area contributed by atoms with E-state index >= 15 is 0 Å². The van der Waals surface area contributed by atoms with Crippen molar-refractivity contribution >= 4 is 8.80 Å². The SMILES string of the molecule is CCCCCCCCCCCCCCCC(N)[Si](O)(O)O. The molecule has 0 saturated heterocycles. The molecule has 1 atom stereocenters. The van der Waals surface area contributed by atoms with Crippen LogP contribution in [0.4, 0.5) is 0 Å². The first-order valence-electron chi connectivity index (χ1n) is 8.91. The fraction of sp³-hybridized carbons (Fsp3) is 1.00. The minimum atomic E-state index is -4.09. The Bertz CT molecular complexity index is 222. The minimum absolute atomic E-state index is 0.507. The fourth-order valence-electron chi connectivity index (χ4n) is 2.58. The van der Waals surface area contributed by atoms with E-state index in [0.29, 0.717) is 6.42 Å². The zero-order valence-electron chi connectivity index (χ0n) is 13.9. The van der Waals surface area contributed by atoms with Crippen LogP contribution in [0.15, 0.2) is 0 Å². The lowest BCUT2D eigenvalue weighted by Crippen LogP contribution is -2.53. The summed E-state index contributed by atoms with van der Waals surface area (Å²) in [7, 11) is -4.09. The predicted octanol–water partition coefficient (Wildman–Crippen LogP) is 3.25. The zero-order valence-corrected chi connectivity index (χ0v) is 14.9. The number of nitrogens with two attached hydrogens (primary N) is 1. The van der Waals surface area contributed by atoms with Gasteiger partial charge in [0.2, 0.25) is 0 Å². The van der Waals surface area contributed by atoms with Crippen LogP contribution in [0, 0.1) is 0 Å². The summed E-state index contributed by atoms with van der Waals surface area (Å²) >= 11 is 0. The third-order valence-corrected chi connectivity index (χ3v) is 5.40. The Labute approximate surface area is 132 Å². The van der Waals surface area contributed by atoms with Gasteiger partial charge in [-0.3, -0.25) is 0 Å². The number of rotatable bonds is 15. The number of unbranched alkanes of at least 4 members (excludes halogenated alkanes) is 12. The van der Waals surface area contributed by atoms with Crippen molar-refractivity contribution < 1.29 is 14.4 Å². The number of hydrogen-bond acceptors (Lipinski definition) is 4. The standard InChI is InChI=1S/C16H37NO3Si/c1-2-3-4-5-6-7-8-9-10-11-12-13-14-15-16(17)21(18,19)20/h16,18-20H,2-15,17H2,1H3. The molecule has 5 heteroatoms. The van der Waals surface area contributed by atoms with Gasteiger partial charge in [0.15, 0.2) is 0 Å². The molecule has 0 aliphatic heterocycles. The van der Waals surface area contributed by atoms with Crippen molar-refractivity contribution in [3.8, 4) is 0 Å². The van der Waals surface area contributed by atoms with E-state index in [9.17, 15) is 0 Å². The third-order valence-electron chi connectivity index (χ3n) is 4.12. The van der Waals surface area contributed by atoms with Crippen LogP contribution in [0.3, 0.4) is 0 Å². The smallest absolute Gasteiger partial charge is 0.389 e. The van der Waals surface area contributed by atoms with Crippen LogP contribution >= 0.6 is 0 Å². The lowest BCUT2D eigenvalue weighted by molar-refractivity contribution is 0.208. The highest BCUT2D eigenvalue weighted by Gasteiger charge is 2.35. The molecule has 128 valence electrons. The van der Waals surface area contributed by atoms with E-state index in [1.807, 2.05) is 0 Å². The summed E-state index contributed by atoms with van der Waals surface area (Å²) in [6, 6.07) is 0. The van der Waals surface area contributed by atoms with Gasteiger partial charge in [0.1, 0.15) is 0 Å². The van der Waals surface area contributed by atoms with Crippen molar-refractivity contribution in [3.05, 3.63) is 0 Å². The molecule has 0 aromatic carbocycles. The van der Waals surface area contributed by atoms with E-state index < -0.39 is 14.5 Å². The average molecular weight is 320 g/mol. The Hall–Kier alpha value is 0.0569. The van der Waals surface area contributed by atoms with E-state index in [1.165, 1.54) is 70.6 Å². The lowest BCUT2D eigenvalue weighted by Gasteiger charge is -2.17. The van der Waals surface area contributed by atoms with Gasteiger partial charge in [0, 0.05) is 0 Å². The highest BCUT2D eigenvalue weighted by molar-refractivity contribution is 6.58. The first kappa shape index (κ1) is 21.1. The summed E-state index contributed by atoms with van der Waals surface area (Å²) in [6.07, 6.45) is 17.2. The molecule has 5 N–H and O–H groups in total. The molecule has 0 spiro atoms.